The van der Waals surface area contributed by atoms with Gasteiger partial charge in [-0.15, -0.1) is 0 Å². The number of carbonyl (C=O) groups is 3. The molecule has 3 amide bonds. The van der Waals surface area contributed by atoms with Crippen LogP contribution in [0.25, 0.3) is 11.4 Å². The Balaban J connectivity index is 1.85. The molecule has 2 aromatic rings. The van der Waals surface area contributed by atoms with Crippen molar-refractivity contribution in [1.82, 2.24) is 19.9 Å². The molecule has 0 saturated heterocycles. The van der Waals surface area contributed by atoms with Crippen molar-refractivity contribution in [3.05, 3.63) is 29.6 Å². The maximum absolute atomic E-state index is 12.7. The first-order valence-electron chi connectivity index (χ1n) is 8.52. The molecule has 0 aromatic carbocycles. The summed E-state index contributed by atoms with van der Waals surface area (Å²) in [7, 11) is 0. The monoisotopic (exact) mass is 371 g/mol. The van der Waals surface area contributed by atoms with Crippen LogP contribution in [0.4, 0.5) is 10.7 Å². The Kier molecular flexibility index (Phi) is 4.69. The highest BCUT2D eigenvalue weighted by atomic mass is 16.6. The van der Waals surface area contributed by atoms with Crippen LogP contribution >= 0.6 is 0 Å². The van der Waals surface area contributed by atoms with Gasteiger partial charge in [0.05, 0.1) is 17.0 Å². The van der Waals surface area contributed by atoms with E-state index >= 15 is 0 Å². The van der Waals surface area contributed by atoms with Gasteiger partial charge in [0, 0.05) is 31.8 Å². The summed E-state index contributed by atoms with van der Waals surface area (Å²) in [5.74, 6) is -0.514. The summed E-state index contributed by atoms with van der Waals surface area (Å²) in [6.45, 7) is 6.86. The molecule has 0 fully saturated rings. The van der Waals surface area contributed by atoms with E-state index in [-0.39, 0.29) is 18.4 Å². The molecule has 0 radical (unpaired) electrons. The Bertz CT molecular complexity index is 913. The van der Waals surface area contributed by atoms with Crippen LogP contribution in [0.3, 0.4) is 0 Å². The fourth-order valence-corrected chi connectivity index (χ4v) is 2.71. The summed E-state index contributed by atoms with van der Waals surface area (Å²) in [6, 6.07) is 3.31. The molecule has 3 heterocycles. The average molecular weight is 371 g/mol. The molecule has 27 heavy (non-hydrogen) atoms. The second kappa shape index (κ2) is 6.82. The van der Waals surface area contributed by atoms with Gasteiger partial charge in [-0.2, -0.15) is 0 Å². The number of carbonyl (C=O) groups excluding carboxylic acids is 3. The number of ether oxygens (including phenoxy) is 1. The molecule has 2 aromatic heterocycles. The highest BCUT2D eigenvalue weighted by Gasteiger charge is 2.33. The lowest BCUT2D eigenvalue weighted by Gasteiger charge is -2.28. The number of amides is 3. The summed E-state index contributed by atoms with van der Waals surface area (Å²) >= 11 is 0. The molecule has 9 nitrogen and oxygen atoms in total. The highest BCUT2D eigenvalue weighted by molar-refractivity contribution is 6.05. The van der Waals surface area contributed by atoms with Gasteiger partial charge in [0.25, 0.3) is 5.91 Å². The van der Waals surface area contributed by atoms with Gasteiger partial charge in [-0.1, -0.05) is 0 Å². The predicted molar refractivity (Wildman–Crippen MR) is 97.1 cm³/mol. The zero-order valence-electron chi connectivity index (χ0n) is 15.6. The lowest BCUT2D eigenvalue weighted by Crippen LogP contribution is -2.44. The van der Waals surface area contributed by atoms with Crippen LogP contribution < -0.4 is 5.32 Å². The molecule has 1 aliphatic heterocycles. The molecular formula is C18H21N5O4. The molecular weight excluding hydrogens is 350 g/mol. The Morgan fingerprint density at radius 3 is 2.74 bits per heavy atom. The van der Waals surface area contributed by atoms with Gasteiger partial charge in [-0.05, 0) is 32.9 Å². The van der Waals surface area contributed by atoms with Crippen molar-refractivity contribution >= 4 is 23.9 Å². The minimum absolute atomic E-state index is 0.175. The molecule has 9 heteroatoms. The Labute approximate surface area is 156 Å². The van der Waals surface area contributed by atoms with Crippen LogP contribution in [-0.2, 0) is 16.0 Å². The highest BCUT2D eigenvalue weighted by Crippen LogP contribution is 2.26. The van der Waals surface area contributed by atoms with Gasteiger partial charge in [0.15, 0.2) is 0 Å². The largest absolute Gasteiger partial charge is 0.443 e. The van der Waals surface area contributed by atoms with Gasteiger partial charge in [0.2, 0.25) is 11.9 Å². The third-order valence-corrected chi connectivity index (χ3v) is 3.79. The van der Waals surface area contributed by atoms with Gasteiger partial charge in [-0.25, -0.2) is 19.7 Å². The molecule has 142 valence electrons. The van der Waals surface area contributed by atoms with Crippen molar-refractivity contribution in [3.8, 4) is 11.4 Å². The average Bonchev–Trinajstić information content (AvgIpc) is 2.98. The Morgan fingerprint density at radius 1 is 1.33 bits per heavy atom. The third-order valence-electron chi connectivity index (χ3n) is 3.79. The minimum Gasteiger partial charge on any atom is -0.443 e. The number of H-pyrrole nitrogens is 1. The van der Waals surface area contributed by atoms with E-state index in [0.717, 1.165) is 10.6 Å². The molecule has 0 spiro atoms. The van der Waals surface area contributed by atoms with Crippen molar-refractivity contribution in [2.75, 3.05) is 11.9 Å². The number of aromatic nitrogens is 3. The summed E-state index contributed by atoms with van der Waals surface area (Å²) < 4.78 is 5.30. The van der Waals surface area contributed by atoms with E-state index in [1.165, 1.54) is 13.1 Å². The fourth-order valence-electron chi connectivity index (χ4n) is 2.71. The smallest absolute Gasteiger partial charge is 0.417 e. The summed E-state index contributed by atoms with van der Waals surface area (Å²) in [4.78, 5) is 48.7. The SMILES string of the molecule is CC(=O)Nc1nccc(-c2cc3c([nH]2)CCN(C(=O)OC(C)(C)C)C3=O)n1. The molecule has 2 N–H and O–H groups in total. The maximum atomic E-state index is 12.7. The van der Waals surface area contributed by atoms with Crippen LogP contribution in [0.15, 0.2) is 18.3 Å². The minimum atomic E-state index is -0.679. The molecule has 1 aliphatic rings. The Hall–Kier alpha value is -3.23. The molecule has 0 saturated carbocycles. The first kappa shape index (κ1) is 18.6. The normalized spacial score (nSPS) is 13.9. The number of nitrogens with one attached hydrogen (secondary N) is 2. The van der Waals surface area contributed by atoms with Gasteiger partial charge in [0.1, 0.15) is 5.60 Å². The fraction of sp³-hybridized carbons (Fsp3) is 0.389. The van der Waals surface area contributed by atoms with Gasteiger partial charge < -0.3 is 9.72 Å². The van der Waals surface area contributed by atoms with E-state index in [4.69, 9.17) is 4.74 Å². The number of aromatic amines is 1. The summed E-state index contributed by atoms with van der Waals surface area (Å²) in [6.07, 6.45) is 1.35. The maximum Gasteiger partial charge on any atom is 0.417 e. The third kappa shape index (κ3) is 4.13. The zero-order valence-corrected chi connectivity index (χ0v) is 15.6. The second-order valence-corrected chi connectivity index (χ2v) is 7.21. The van der Waals surface area contributed by atoms with Crippen molar-refractivity contribution in [2.24, 2.45) is 0 Å². The first-order chi connectivity index (χ1) is 12.6. The van der Waals surface area contributed by atoms with E-state index in [1.54, 1.807) is 32.9 Å². The number of nitrogens with zero attached hydrogens (tertiary/aromatic N) is 3. The van der Waals surface area contributed by atoms with Crippen LogP contribution in [0.2, 0.25) is 0 Å². The standard InChI is InChI=1S/C18H21N5O4/c1-10(24)20-16-19-7-5-13(22-16)14-9-11-12(21-14)6-8-23(15(11)25)17(26)27-18(2,3)4/h5,7,9,21H,6,8H2,1-4H3,(H,19,20,22,24). The zero-order chi connectivity index (χ0) is 19.8. The van der Waals surface area contributed by atoms with Crippen LogP contribution in [0.5, 0.6) is 0 Å². The van der Waals surface area contributed by atoms with Crippen LogP contribution in [-0.4, -0.2) is 49.9 Å². The van der Waals surface area contributed by atoms with Crippen molar-refractivity contribution in [2.45, 2.75) is 39.7 Å². The molecule has 0 bridgehead atoms. The van der Waals surface area contributed by atoms with Gasteiger partial charge in [-0.3, -0.25) is 14.9 Å². The van der Waals surface area contributed by atoms with Crippen LogP contribution in [0, 0.1) is 0 Å². The number of fused-ring (bicyclic) bond motifs is 1. The lowest BCUT2D eigenvalue weighted by atomic mass is 10.1. The number of rotatable bonds is 2. The van der Waals surface area contributed by atoms with E-state index in [2.05, 4.69) is 20.3 Å². The van der Waals surface area contributed by atoms with Crippen LogP contribution in [0.1, 0.15) is 43.7 Å². The Morgan fingerprint density at radius 2 is 2.07 bits per heavy atom. The molecule has 0 unspecified atom stereocenters. The number of hydrogen-bond donors (Lipinski definition) is 2. The quantitative estimate of drug-likeness (QED) is 0.837. The molecule has 0 aliphatic carbocycles. The summed E-state index contributed by atoms with van der Waals surface area (Å²) in [5.41, 5.74) is 1.59. The van der Waals surface area contributed by atoms with E-state index in [1.807, 2.05) is 0 Å². The number of hydrogen-bond acceptors (Lipinski definition) is 6. The molecule has 0 atom stereocenters. The topological polar surface area (TPSA) is 117 Å². The lowest BCUT2D eigenvalue weighted by molar-refractivity contribution is -0.114. The van der Waals surface area contributed by atoms with E-state index in [0.29, 0.717) is 23.4 Å². The molecule has 3 rings (SSSR count). The predicted octanol–water partition coefficient (Wildman–Crippen LogP) is 2.36. The van der Waals surface area contributed by atoms with Gasteiger partial charge >= 0.3 is 6.09 Å². The van der Waals surface area contributed by atoms with E-state index in [9.17, 15) is 14.4 Å². The first-order valence-corrected chi connectivity index (χ1v) is 8.52. The number of anilines is 1. The van der Waals surface area contributed by atoms with Crippen molar-refractivity contribution < 1.29 is 19.1 Å². The van der Waals surface area contributed by atoms with Crippen molar-refractivity contribution in [1.29, 1.82) is 0 Å². The summed E-state index contributed by atoms with van der Waals surface area (Å²) in [5, 5.41) is 2.52. The van der Waals surface area contributed by atoms with E-state index < -0.39 is 17.6 Å². The van der Waals surface area contributed by atoms with Crippen molar-refractivity contribution in [3.63, 3.8) is 0 Å². The second-order valence-electron chi connectivity index (χ2n) is 7.21. The number of imide groups is 1.